The SMILES string of the molecule is O=C(Nc1ccc2ncccc2c1)ON1C(=O)CCC1=O. The second kappa shape index (κ2) is 5.20. The number of carbonyl (C=O) groups excluding carboxylic acids is 3. The summed E-state index contributed by atoms with van der Waals surface area (Å²) < 4.78 is 0. The number of hydrogen-bond acceptors (Lipinski definition) is 5. The zero-order chi connectivity index (χ0) is 14.8. The molecule has 0 bridgehead atoms. The Morgan fingerprint density at radius 3 is 2.71 bits per heavy atom. The first-order valence-corrected chi connectivity index (χ1v) is 6.33. The highest BCUT2D eigenvalue weighted by Gasteiger charge is 2.32. The number of aromatic nitrogens is 1. The van der Waals surface area contributed by atoms with E-state index in [1.807, 2.05) is 6.07 Å². The van der Waals surface area contributed by atoms with E-state index in [9.17, 15) is 14.4 Å². The fourth-order valence-corrected chi connectivity index (χ4v) is 2.03. The molecule has 7 heteroatoms. The van der Waals surface area contributed by atoms with Crippen LogP contribution in [0.15, 0.2) is 36.5 Å². The number of nitrogens with one attached hydrogen (secondary N) is 1. The van der Waals surface area contributed by atoms with E-state index in [0.717, 1.165) is 10.9 Å². The zero-order valence-electron chi connectivity index (χ0n) is 10.9. The van der Waals surface area contributed by atoms with E-state index in [1.54, 1.807) is 30.5 Å². The highest BCUT2D eigenvalue weighted by Crippen LogP contribution is 2.18. The van der Waals surface area contributed by atoms with Gasteiger partial charge in [0.25, 0.3) is 11.8 Å². The summed E-state index contributed by atoms with van der Waals surface area (Å²) in [7, 11) is 0. The molecule has 0 atom stereocenters. The van der Waals surface area contributed by atoms with Crippen LogP contribution in [-0.2, 0) is 14.4 Å². The van der Waals surface area contributed by atoms with Crippen molar-refractivity contribution in [1.29, 1.82) is 0 Å². The van der Waals surface area contributed by atoms with Gasteiger partial charge in [0, 0.05) is 30.1 Å². The van der Waals surface area contributed by atoms with Gasteiger partial charge in [-0.3, -0.25) is 19.9 Å². The van der Waals surface area contributed by atoms with Gasteiger partial charge in [0.2, 0.25) is 0 Å². The number of hydrogen-bond donors (Lipinski definition) is 1. The molecule has 106 valence electrons. The number of rotatable bonds is 2. The van der Waals surface area contributed by atoms with Gasteiger partial charge >= 0.3 is 6.09 Å². The van der Waals surface area contributed by atoms with Crippen molar-refractivity contribution >= 4 is 34.5 Å². The number of pyridine rings is 1. The lowest BCUT2D eigenvalue weighted by molar-refractivity contribution is -0.170. The Hall–Kier alpha value is -2.96. The minimum atomic E-state index is -0.887. The maximum absolute atomic E-state index is 11.7. The van der Waals surface area contributed by atoms with Crippen LogP contribution in [-0.4, -0.2) is 28.0 Å². The second-order valence-corrected chi connectivity index (χ2v) is 4.50. The largest absolute Gasteiger partial charge is 0.436 e. The van der Waals surface area contributed by atoms with E-state index in [2.05, 4.69) is 10.3 Å². The predicted octanol–water partition coefficient (Wildman–Crippen LogP) is 1.85. The third-order valence-corrected chi connectivity index (χ3v) is 3.03. The van der Waals surface area contributed by atoms with Crippen LogP contribution in [0.2, 0.25) is 0 Å². The van der Waals surface area contributed by atoms with E-state index < -0.39 is 17.9 Å². The first-order valence-electron chi connectivity index (χ1n) is 6.33. The molecule has 2 heterocycles. The molecule has 0 spiro atoms. The quantitative estimate of drug-likeness (QED) is 0.850. The molecular weight excluding hydrogens is 274 g/mol. The number of carbonyl (C=O) groups is 3. The summed E-state index contributed by atoms with van der Waals surface area (Å²) in [4.78, 5) is 43.3. The van der Waals surface area contributed by atoms with Crippen molar-refractivity contribution in [3.05, 3.63) is 36.5 Å². The Bertz CT molecular complexity index is 728. The van der Waals surface area contributed by atoms with Crippen molar-refractivity contribution in [3.8, 4) is 0 Å². The monoisotopic (exact) mass is 285 g/mol. The molecule has 0 unspecified atom stereocenters. The maximum Gasteiger partial charge on any atom is 0.436 e. The van der Waals surface area contributed by atoms with Crippen LogP contribution in [0, 0.1) is 0 Å². The van der Waals surface area contributed by atoms with Gasteiger partial charge in [-0.25, -0.2) is 4.79 Å². The van der Waals surface area contributed by atoms with Gasteiger partial charge in [-0.05, 0) is 24.3 Å². The number of anilines is 1. The molecule has 1 aliphatic heterocycles. The number of fused-ring (bicyclic) bond motifs is 1. The summed E-state index contributed by atoms with van der Waals surface area (Å²) in [5.74, 6) is -1.03. The highest BCUT2D eigenvalue weighted by atomic mass is 16.7. The molecule has 1 saturated heterocycles. The lowest BCUT2D eigenvalue weighted by atomic mass is 10.2. The van der Waals surface area contributed by atoms with E-state index >= 15 is 0 Å². The number of hydroxylamine groups is 2. The molecule has 1 aromatic carbocycles. The summed E-state index contributed by atoms with van der Waals surface area (Å²) in [5, 5.41) is 3.82. The van der Waals surface area contributed by atoms with Gasteiger partial charge in [0.15, 0.2) is 0 Å². The van der Waals surface area contributed by atoms with Gasteiger partial charge < -0.3 is 4.84 Å². The Morgan fingerprint density at radius 2 is 1.95 bits per heavy atom. The number of nitrogens with zero attached hydrogens (tertiary/aromatic N) is 2. The third kappa shape index (κ3) is 2.66. The van der Waals surface area contributed by atoms with Crippen molar-refractivity contribution < 1.29 is 19.2 Å². The van der Waals surface area contributed by atoms with Crippen molar-refractivity contribution in [1.82, 2.24) is 10.0 Å². The second-order valence-electron chi connectivity index (χ2n) is 4.50. The van der Waals surface area contributed by atoms with Crippen LogP contribution in [0.5, 0.6) is 0 Å². The maximum atomic E-state index is 11.7. The molecule has 1 N–H and O–H groups in total. The van der Waals surface area contributed by atoms with Crippen LogP contribution < -0.4 is 5.32 Å². The molecule has 1 aromatic heterocycles. The van der Waals surface area contributed by atoms with Gasteiger partial charge in [-0.1, -0.05) is 6.07 Å². The predicted molar refractivity (Wildman–Crippen MR) is 72.9 cm³/mol. The number of benzene rings is 1. The molecule has 1 aliphatic rings. The standard InChI is InChI=1S/C14H11N3O4/c18-12-5-6-13(19)17(12)21-14(20)16-10-3-4-11-9(8-10)2-1-7-15-11/h1-4,7-8H,5-6H2,(H,16,20). The molecule has 3 amide bonds. The normalized spacial score (nSPS) is 14.6. The number of imide groups is 1. The number of amides is 3. The van der Waals surface area contributed by atoms with Gasteiger partial charge in [0.1, 0.15) is 0 Å². The van der Waals surface area contributed by atoms with E-state index in [-0.39, 0.29) is 12.8 Å². The minimum Gasteiger partial charge on any atom is -0.311 e. The van der Waals surface area contributed by atoms with Crippen LogP contribution >= 0.6 is 0 Å². The fraction of sp³-hybridized carbons (Fsp3) is 0.143. The average Bonchev–Trinajstić information content (AvgIpc) is 2.79. The molecule has 1 fully saturated rings. The average molecular weight is 285 g/mol. The first kappa shape index (κ1) is 13.0. The van der Waals surface area contributed by atoms with Gasteiger partial charge in [-0.15, -0.1) is 5.06 Å². The Labute approximate surface area is 119 Å². The summed E-state index contributed by atoms with van der Waals surface area (Å²) in [6.07, 6.45) is 0.914. The Balaban J connectivity index is 1.71. The molecule has 0 saturated carbocycles. The minimum absolute atomic E-state index is 0.0633. The van der Waals surface area contributed by atoms with Crippen LogP contribution in [0.25, 0.3) is 10.9 Å². The van der Waals surface area contributed by atoms with E-state index in [4.69, 9.17) is 4.84 Å². The van der Waals surface area contributed by atoms with E-state index in [1.165, 1.54) is 0 Å². The first-order chi connectivity index (χ1) is 10.1. The highest BCUT2D eigenvalue weighted by molar-refractivity contribution is 6.02. The van der Waals surface area contributed by atoms with Crippen molar-refractivity contribution in [2.24, 2.45) is 0 Å². The lowest BCUT2D eigenvalue weighted by Gasteiger charge is -2.13. The molecule has 2 aromatic rings. The molecule has 7 nitrogen and oxygen atoms in total. The molecule has 21 heavy (non-hydrogen) atoms. The summed E-state index contributed by atoms with van der Waals surface area (Å²) in [5.41, 5.74) is 1.28. The van der Waals surface area contributed by atoms with Gasteiger partial charge in [-0.2, -0.15) is 0 Å². The topological polar surface area (TPSA) is 88.6 Å². The lowest BCUT2D eigenvalue weighted by Crippen LogP contribution is -2.33. The van der Waals surface area contributed by atoms with Crippen LogP contribution in [0.1, 0.15) is 12.8 Å². The Kier molecular flexibility index (Phi) is 3.23. The molecule has 0 radical (unpaired) electrons. The van der Waals surface area contributed by atoms with Gasteiger partial charge in [0.05, 0.1) is 5.52 Å². The molecular formula is C14H11N3O4. The summed E-state index contributed by atoms with van der Waals surface area (Å²) in [6.45, 7) is 0. The fourth-order valence-electron chi connectivity index (χ4n) is 2.03. The van der Waals surface area contributed by atoms with Crippen molar-refractivity contribution in [3.63, 3.8) is 0 Å². The van der Waals surface area contributed by atoms with Crippen molar-refractivity contribution in [2.75, 3.05) is 5.32 Å². The third-order valence-electron chi connectivity index (χ3n) is 3.03. The molecule has 3 rings (SSSR count). The van der Waals surface area contributed by atoms with E-state index in [0.29, 0.717) is 10.8 Å². The molecule has 0 aliphatic carbocycles. The zero-order valence-corrected chi connectivity index (χ0v) is 10.9. The van der Waals surface area contributed by atoms with Crippen molar-refractivity contribution in [2.45, 2.75) is 12.8 Å². The Morgan fingerprint density at radius 1 is 1.19 bits per heavy atom. The summed E-state index contributed by atoms with van der Waals surface area (Å²) in [6, 6.07) is 8.76. The summed E-state index contributed by atoms with van der Waals surface area (Å²) >= 11 is 0. The van der Waals surface area contributed by atoms with Crippen LogP contribution in [0.4, 0.5) is 10.5 Å². The van der Waals surface area contributed by atoms with Crippen LogP contribution in [0.3, 0.4) is 0 Å². The smallest absolute Gasteiger partial charge is 0.311 e.